The summed E-state index contributed by atoms with van der Waals surface area (Å²) in [7, 11) is -4.63. The molecule has 3 amide bonds. The van der Waals surface area contributed by atoms with Gasteiger partial charge in [-0.2, -0.15) is 17.5 Å². The fourth-order valence-corrected chi connectivity index (χ4v) is 8.40. The van der Waals surface area contributed by atoms with E-state index in [4.69, 9.17) is 34.8 Å². The Morgan fingerprint density at radius 2 is 1.60 bits per heavy atom. The van der Waals surface area contributed by atoms with Gasteiger partial charge in [-0.3, -0.25) is 14.4 Å². The van der Waals surface area contributed by atoms with Gasteiger partial charge in [0.2, 0.25) is 27.7 Å². The summed E-state index contributed by atoms with van der Waals surface area (Å²) in [6.07, 6.45) is -5.61. The SMILES string of the molecule is O=C(NC1CN(S(=O)(=O)c2ccc(Cl)cc2Cl)C2CN(CC(F)(F)F)C(=O)C(Cc3ccc(Cl)cc3)N2C1=O)C1CCNCC1. The van der Waals surface area contributed by atoms with E-state index in [1.54, 1.807) is 12.1 Å². The zero-order valence-corrected chi connectivity index (χ0v) is 26.7. The summed E-state index contributed by atoms with van der Waals surface area (Å²) in [4.78, 5) is 42.1. The highest BCUT2D eigenvalue weighted by Gasteiger charge is 2.55. The third kappa shape index (κ3) is 7.36. The first-order chi connectivity index (χ1) is 21.2. The summed E-state index contributed by atoms with van der Waals surface area (Å²) < 4.78 is 70.2. The van der Waals surface area contributed by atoms with Crippen LogP contribution in [-0.4, -0.2) is 97.4 Å². The van der Waals surface area contributed by atoms with E-state index >= 15 is 0 Å². The van der Waals surface area contributed by atoms with Crippen LogP contribution in [0.3, 0.4) is 0 Å². The number of amides is 3. The number of carbonyl (C=O) groups excluding carboxylic acids is 3. The molecule has 45 heavy (non-hydrogen) atoms. The van der Waals surface area contributed by atoms with Gasteiger partial charge in [-0.1, -0.05) is 46.9 Å². The molecule has 3 atom stereocenters. The molecule has 244 valence electrons. The Hall–Kier alpha value is -2.62. The quantitative estimate of drug-likeness (QED) is 0.456. The van der Waals surface area contributed by atoms with E-state index in [0.717, 1.165) is 15.3 Å². The molecule has 0 spiro atoms. The molecule has 0 aliphatic carbocycles. The summed E-state index contributed by atoms with van der Waals surface area (Å²) in [5.74, 6) is -2.71. The van der Waals surface area contributed by atoms with E-state index in [1.807, 2.05) is 0 Å². The summed E-state index contributed by atoms with van der Waals surface area (Å²) in [5, 5.41) is 6.06. The van der Waals surface area contributed by atoms with Crippen LogP contribution in [-0.2, 0) is 30.8 Å². The first kappa shape index (κ1) is 33.7. The van der Waals surface area contributed by atoms with E-state index in [0.29, 0.717) is 41.4 Å². The van der Waals surface area contributed by atoms with Crippen LogP contribution in [0.4, 0.5) is 13.2 Å². The first-order valence-corrected chi connectivity index (χ1v) is 16.6. The van der Waals surface area contributed by atoms with Crippen molar-refractivity contribution in [2.24, 2.45) is 5.92 Å². The van der Waals surface area contributed by atoms with Crippen molar-refractivity contribution in [3.63, 3.8) is 0 Å². The molecular weight excluding hydrogens is 682 g/mol. The molecule has 0 bridgehead atoms. The Morgan fingerprint density at radius 1 is 0.956 bits per heavy atom. The van der Waals surface area contributed by atoms with E-state index in [1.165, 1.54) is 24.3 Å². The number of piperazine rings is 1. The first-order valence-electron chi connectivity index (χ1n) is 14.1. The monoisotopic (exact) mass is 709 g/mol. The van der Waals surface area contributed by atoms with Gasteiger partial charge in [0.25, 0.3) is 0 Å². The van der Waals surface area contributed by atoms with Crippen molar-refractivity contribution in [3.05, 3.63) is 63.1 Å². The molecule has 3 unspecified atom stereocenters. The van der Waals surface area contributed by atoms with E-state index in [9.17, 15) is 36.0 Å². The summed E-state index contributed by atoms with van der Waals surface area (Å²) in [6, 6.07) is 6.83. The van der Waals surface area contributed by atoms with Gasteiger partial charge < -0.3 is 20.4 Å². The highest BCUT2D eigenvalue weighted by Crippen LogP contribution is 2.35. The number of alkyl halides is 3. The number of halogens is 6. The second kappa shape index (κ2) is 13.2. The standard InChI is InChI=1S/C28H29Cl3F3N5O5S/c29-18-3-1-16(2-4-18)11-22-27(42)37(15-28(32,33)34)14-24-38(45(43,44)23-6-5-19(30)12-20(23)31)13-21(26(41)39(22)24)36-25(40)17-7-9-35-10-8-17/h1-6,12,17,21-22,24,35H,7-11,13-15H2,(H,36,40). The Labute approximate surface area is 272 Å². The summed E-state index contributed by atoms with van der Waals surface area (Å²) >= 11 is 18.3. The van der Waals surface area contributed by atoms with Gasteiger partial charge >= 0.3 is 6.18 Å². The van der Waals surface area contributed by atoms with Gasteiger partial charge in [0.1, 0.15) is 29.7 Å². The topological polar surface area (TPSA) is 119 Å². The second-order valence-electron chi connectivity index (χ2n) is 11.1. The Morgan fingerprint density at radius 3 is 2.22 bits per heavy atom. The number of rotatable bonds is 7. The average molecular weight is 711 g/mol. The molecule has 3 heterocycles. The maximum Gasteiger partial charge on any atom is 0.406 e. The molecule has 0 aromatic heterocycles. The number of nitrogens with one attached hydrogen (secondary N) is 2. The lowest BCUT2D eigenvalue weighted by molar-refractivity contribution is -0.183. The highest BCUT2D eigenvalue weighted by molar-refractivity contribution is 7.89. The Kier molecular flexibility index (Phi) is 9.93. The normalized spacial score (nSPS) is 23.6. The molecule has 3 aliphatic rings. The molecule has 3 aliphatic heterocycles. The maximum absolute atomic E-state index is 14.2. The summed E-state index contributed by atoms with van der Waals surface area (Å²) in [6.45, 7) is -1.87. The van der Waals surface area contributed by atoms with Crippen LogP contribution in [0.2, 0.25) is 15.1 Å². The number of hydrogen-bond acceptors (Lipinski definition) is 6. The van der Waals surface area contributed by atoms with Gasteiger partial charge in [-0.05, 0) is 61.8 Å². The zero-order valence-electron chi connectivity index (χ0n) is 23.6. The molecule has 0 radical (unpaired) electrons. The van der Waals surface area contributed by atoms with Crippen LogP contribution in [0, 0.1) is 5.92 Å². The number of hydrogen-bond donors (Lipinski definition) is 2. The number of sulfonamides is 1. The fourth-order valence-electron chi connectivity index (χ4n) is 5.94. The average Bonchev–Trinajstić information content (AvgIpc) is 2.97. The van der Waals surface area contributed by atoms with Crippen molar-refractivity contribution in [3.8, 4) is 0 Å². The van der Waals surface area contributed by atoms with Crippen LogP contribution >= 0.6 is 34.8 Å². The van der Waals surface area contributed by atoms with Crippen molar-refractivity contribution < 1.29 is 36.0 Å². The lowest BCUT2D eigenvalue weighted by Crippen LogP contribution is -2.76. The highest BCUT2D eigenvalue weighted by atomic mass is 35.5. The molecule has 0 saturated carbocycles. The minimum Gasteiger partial charge on any atom is -0.343 e. The van der Waals surface area contributed by atoms with Gasteiger partial charge in [0.15, 0.2) is 0 Å². The van der Waals surface area contributed by atoms with Crippen molar-refractivity contribution in [2.75, 3.05) is 32.7 Å². The van der Waals surface area contributed by atoms with E-state index < -0.39 is 82.6 Å². The fraction of sp³-hybridized carbons (Fsp3) is 0.464. The van der Waals surface area contributed by atoms with Gasteiger partial charge in [-0.15, -0.1) is 0 Å². The third-order valence-corrected chi connectivity index (χ3v) is 10.9. The van der Waals surface area contributed by atoms with Crippen LogP contribution in [0.15, 0.2) is 47.4 Å². The van der Waals surface area contributed by atoms with E-state index in [2.05, 4.69) is 10.6 Å². The van der Waals surface area contributed by atoms with Crippen LogP contribution in [0.25, 0.3) is 0 Å². The van der Waals surface area contributed by atoms with Crippen LogP contribution < -0.4 is 10.6 Å². The number of piperidine rings is 1. The van der Waals surface area contributed by atoms with Gasteiger partial charge in [-0.25, -0.2) is 8.42 Å². The minimum atomic E-state index is -4.81. The number of benzene rings is 2. The number of fused-ring (bicyclic) bond motifs is 1. The molecule has 2 aromatic rings. The minimum absolute atomic E-state index is 0.143. The Balaban J connectivity index is 1.59. The summed E-state index contributed by atoms with van der Waals surface area (Å²) in [5.41, 5.74) is 0.467. The van der Waals surface area contributed by atoms with Crippen molar-refractivity contribution in [2.45, 2.75) is 48.6 Å². The van der Waals surface area contributed by atoms with Crippen molar-refractivity contribution >= 4 is 62.5 Å². The second-order valence-corrected chi connectivity index (χ2v) is 14.3. The lowest BCUT2D eigenvalue weighted by Gasteiger charge is -2.53. The van der Waals surface area contributed by atoms with Crippen molar-refractivity contribution in [1.29, 1.82) is 0 Å². The van der Waals surface area contributed by atoms with Crippen LogP contribution in [0.1, 0.15) is 18.4 Å². The van der Waals surface area contributed by atoms with Crippen molar-refractivity contribution in [1.82, 2.24) is 24.7 Å². The van der Waals surface area contributed by atoms with Gasteiger partial charge in [0, 0.05) is 28.9 Å². The largest absolute Gasteiger partial charge is 0.406 e. The maximum atomic E-state index is 14.2. The smallest absolute Gasteiger partial charge is 0.343 e. The lowest BCUT2D eigenvalue weighted by atomic mass is 9.95. The predicted molar refractivity (Wildman–Crippen MR) is 160 cm³/mol. The molecule has 5 rings (SSSR count). The molecule has 3 fully saturated rings. The molecular formula is C28H29Cl3F3N5O5S. The zero-order chi connectivity index (χ0) is 32.7. The van der Waals surface area contributed by atoms with Gasteiger partial charge in [0.05, 0.1) is 11.6 Å². The van der Waals surface area contributed by atoms with Crippen LogP contribution in [0.5, 0.6) is 0 Å². The third-order valence-electron chi connectivity index (χ3n) is 8.10. The molecule has 2 N–H and O–H groups in total. The molecule has 3 saturated heterocycles. The Bertz CT molecular complexity index is 1570. The molecule has 10 nitrogen and oxygen atoms in total. The number of carbonyl (C=O) groups is 3. The number of nitrogens with zero attached hydrogens (tertiary/aromatic N) is 3. The predicted octanol–water partition coefficient (Wildman–Crippen LogP) is 3.31. The van der Waals surface area contributed by atoms with E-state index in [-0.39, 0.29) is 16.5 Å². The molecule has 17 heteroatoms. The molecule has 2 aromatic carbocycles.